The molecule has 0 unspecified atom stereocenters. The molecular weight excluding hydrogens is 360 g/mol. The minimum absolute atomic E-state index is 0.0613. The number of amides is 1. The largest absolute Gasteiger partial charge is 0.484 e. The van der Waals surface area contributed by atoms with Gasteiger partial charge in [0.25, 0.3) is 5.91 Å². The molecule has 0 aliphatic heterocycles. The predicted octanol–water partition coefficient (Wildman–Crippen LogP) is 3.25. The molecule has 23 heavy (non-hydrogen) atoms. The van der Waals surface area contributed by atoms with Crippen molar-refractivity contribution >= 4 is 27.5 Å². The van der Waals surface area contributed by atoms with Crippen LogP contribution in [0.15, 0.2) is 59.3 Å². The zero-order chi connectivity index (χ0) is 16.1. The third-order valence-electron chi connectivity index (χ3n) is 3.02. The van der Waals surface area contributed by atoms with E-state index in [-0.39, 0.29) is 12.5 Å². The summed E-state index contributed by atoms with van der Waals surface area (Å²) in [4.78, 5) is 16.1. The van der Waals surface area contributed by atoms with Crippen molar-refractivity contribution in [2.75, 3.05) is 11.9 Å². The first kappa shape index (κ1) is 15.2. The van der Waals surface area contributed by atoms with Crippen LogP contribution < -0.4 is 10.1 Å². The fourth-order valence-corrected chi connectivity index (χ4v) is 2.23. The van der Waals surface area contributed by atoms with Gasteiger partial charge in [0.2, 0.25) is 0 Å². The smallest absolute Gasteiger partial charge is 0.262 e. The van der Waals surface area contributed by atoms with Crippen molar-refractivity contribution in [3.05, 3.63) is 59.3 Å². The fourth-order valence-electron chi connectivity index (χ4n) is 1.97. The SMILES string of the molecule is O=C(COc1ccc(Br)cc1)Nc1cccc(-c2ncn[nH]2)c1. The topological polar surface area (TPSA) is 79.9 Å². The zero-order valence-corrected chi connectivity index (χ0v) is 13.6. The van der Waals surface area contributed by atoms with E-state index in [0.717, 1.165) is 10.0 Å². The molecule has 0 saturated carbocycles. The van der Waals surface area contributed by atoms with Crippen LogP contribution in [0.4, 0.5) is 5.69 Å². The van der Waals surface area contributed by atoms with E-state index < -0.39 is 0 Å². The minimum atomic E-state index is -0.234. The lowest BCUT2D eigenvalue weighted by Gasteiger charge is -2.08. The van der Waals surface area contributed by atoms with Crippen molar-refractivity contribution in [3.8, 4) is 17.1 Å². The molecule has 7 heteroatoms. The third kappa shape index (κ3) is 4.17. The number of H-pyrrole nitrogens is 1. The Morgan fingerprint density at radius 1 is 1.22 bits per heavy atom. The molecule has 2 N–H and O–H groups in total. The number of aromatic amines is 1. The lowest BCUT2D eigenvalue weighted by atomic mass is 10.2. The summed E-state index contributed by atoms with van der Waals surface area (Å²) in [5.41, 5.74) is 1.51. The van der Waals surface area contributed by atoms with Crippen molar-refractivity contribution in [1.29, 1.82) is 0 Å². The molecule has 0 saturated heterocycles. The monoisotopic (exact) mass is 372 g/mol. The van der Waals surface area contributed by atoms with E-state index >= 15 is 0 Å². The summed E-state index contributed by atoms with van der Waals surface area (Å²) in [5.74, 6) is 1.05. The Kier molecular flexibility index (Phi) is 4.68. The number of nitrogens with one attached hydrogen (secondary N) is 2. The normalized spacial score (nSPS) is 10.3. The average Bonchev–Trinajstić information content (AvgIpc) is 3.09. The quantitative estimate of drug-likeness (QED) is 0.720. The van der Waals surface area contributed by atoms with E-state index in [1.165, 1.54) is 6.33 Å². The fraction of sp³-hybridized carbons (Fsp3) is 0.0625. The number of benzene rings is 2. The highest BCUT2D eigenvalue weighted by Crippen LogP contribution is 2.19. The minimum Gasteiger partial charge on any atom is -0.484 e. The van der Waals surface area contributed by atoms with Crippen molar-refractivity contribution in [3.63, 3.8) is 0 Å². The summed E-state index contributed by atoms with van der Waals surface area (Å²) in [6.07, 6.45) is 1.44. The molecule has 0 atom stereocenters. The Labute approximate surface area is 141 Å². The van der Waals surface area contributed by atoms with Crippen LogP contribution in [0.25, 0.3) is 11.4 Å². The molecule has 0 bridgehead atoms. The van der Waals surface area contributed by atoms with E-state index in [1.807, 2.05) is 30.3 Å². The van der Waals surface area contributed by atoms with Crippen molar-refractivity contribution in [2.45, 2.75) is 0 Å². The van der Waals surface area contributed by atoms with Gasteiger partial charge in [-0.25, -0.2) is 4.98 Å². The molecule has 116 valence electrons. The molecule has 2 aromatic carbocycles. The molecule has 1 amide bonds. The number of halogens is 1. The van der Waals surface area contributed by atoms with E-state index in [0.29, 0.717) is 17.3 Å². The second-order valence-corrected chi connectivity index (χ2v) is 5.62. The number of ether oxygens (including phenoxy) is 1. The number of rotatable bonds is 5. The van der Waals surface area contributed by atoms with E-state index in [9.17, 15) is 4.79 Å². The third-order valence-corrected chi connectivity index (χ3v) is 3.55. The molecule has 0 fully saturated rings. The number of anilines is 1. The lowest BCUT2D eigenvalue weighted by Crippen LogP contribution is -2.20. The van der Waals surface area contributed by atoms with Crippen LogP contribution >= 0.6 is 15.9 Å². The molecule has 6 nitrogen and oxygen atoms in total. The summed E-state index contributed by atoms with van der Waals surface area (Å²) < 4.78 is 6.39. The summed E-state index contributed by atoms with van der Waals surface area (Å²) in [6.45, 7) is -0.0613. The van der Waals surface area contributed by atoms with Gasteiger partial charge in [-0.1, -0.05) is 28.1 Å². The average molecular weight is 373 g/mol. The summed E-state index contributed by atoms with van der Waals surface area (Å²) in [7, 11) is 0. The maximum atomic E-state index is 12.0. The molecule has 1 aromatic heterocycles. The second-order valence-electron chi connectivity index (χ2n) is 4.71. The van der Waals surface area contributed by atoms with Crippen LogP contribution in [0.2, 0.25) is 0 Å². The number of hydrogen-bond acceptors (Lipinski definition) is 4. The van der Waals surface area contributed by atoms with Crippen LogP contribution in [-0.4, -0.2) is 27.7 Å². The highest BCUT2D eigenvalue weighted by atomic mass is 79.9. The predicted molar refractivity (Wildman–Crippen MR) is 90.1 cm³/mol. The lowest BCUT2D eigenvalue weighted by molar-refractivity contribution is -0.118. The van der Waals surface area contributed by atoms with Crippen molar-refractivity contribution in [1.82, 2.24) is 15.2 Å². The number of nitrogens with zero attached hydrogens (tertiary/aromatic N) is 2. The summed E-state index contributed by atoms with van der Waals surface area (Å²) in [6, 6.07) is 14.6. The van der Waals surface area contributed by atoms with E-state index in [4.69, 9.17) is 4.74 Å². The first-order valence-corrected chi connectivity index (χ1v) is 7.64. The Bertz CT molecular complexity index is 788. The molecule has 3 aromatic rings. The van der Waals surface area contributed by atoms with Crippen molar-refractivity contribution in [2.24, 2.45) is 0 Å². The van der Waals surface area contributed by atoms with Crippen molar-refractivity contribution < 1.29 is 9.53 Å². The number of carbonyl (C=O) groups is 1. The summed E-state index contributed by atoms with van der Waals surface area (Å²) >= 11 is 3.35. The van der Waals surface area contributed by atoms with Crippen LogP contribution in [0.5, 0.6) is 5.75 Å². The maximum absolute atomic E-state index is 12.0. The molecular formula is C16H13BrN4O2. The van der Waals surface area contributed by atoms with Crippen LogP contribution in [0.1, 0.15) is 0 Å². The van der Waals surface area contributed by atoms with Gasteiger partial charge in [0.1, 0.15) is 12.1 Å². The second kappa shape index (κ2) is 7.06. The molecule has 0 aliphatic rings. The Hall–Kier alpha value is -2.67. The molecule has 3 rings (SSSR count). The maximum Gasteiger partial charge on any atom is 0.262 e. The Balaban J connectivity index is 1.59. The molecule has 0 aliphatic carbocycles. The van der Waals surface area contributed by atoms with Gasteiger partial charge >= 0.3 is 0 Å². The highest BCUT2D eigenvalue weighted by molar-refractivity contribution is 9.10. The van der Waals surface area contributed by atoms with Gasteiger partial charge in [-0.2, -0.15) is 5.10 Å². The number of aromatic nitrogens is 3. The van der Waals surface area contributed by atoms with E-state index in [2.05, 4.69) is 36.4 Å². The zero-order valence-electron chi connectivity index (χ0n) is 12.0. The van der Waals surface area contributed by atoms with Gasteiger partial charge in [-0.15, -0.1) is 0 Å². The Morgan fingerprint density at radius 3 is 2.78 bits per heavy atom. The Morgan fingerprint density at radius 2 is 2.04 bits per heavy atom. The van der Waals surface area contributed by atoms with Crippen LogP contribution in [0, 0.1) is 0 Å². The number of carbonyl (C=O) groups excluding carboxylic acids is 1. The van der Waals surface area contributed by atoms with Gasteiger partial charge in [-0.3, -0.25) is 9.89 Å². The molecule has 0 radical (unpaired) electrons. The van der Waals surface area contributed by atoms with Crippen LogP contribution in [0.3, 0.4) is 0 Å². The standard InChI is InChI=1S/C16H13BrN4O2/c17-12-4-6-14(7-5-12)23-9-15(22)20-13-3-1-2-11(8-13)16-18-10-19-21-16/h1-8,10H,9H2,(H,20,22)(H,18,19,21). The van der Waals surface area contributed by atoms with Gasteiger partial charge in [0.15, 0.2) is 12.4 Å². The van der Waals surface area contributed by atoms with E-state index in [1.54, 1.807) is 18.2 Å². The van der Waals surface area contributed by atoms with Gasteiger partial charge < -0.3 is 10.1 Å². The first-order chi connectivity index (χ1) is 11.2. The van der Waals surface area contributed by atoms with Gasteiger partial charge in [0.05, 0.1) is 0 Å². The highest BCUT2D eigenvalue weighted by Gasteiger charge is 2.06. The van der Waals surface area contributed by atoms with Gasteiger partial charge in [0, 0.05) is 15.7 Å². The first-order valence-electron chi connectivity index (χ1n) is 6.85. The molecule has 1 heterocycles. The summed E-state index contributed by atoms with van der Waals surface area (Å²) in [5, 5.41) is 9.38. The van der Waals surface area contributed by atoms with Gasteiger partial charge in [-0.05, 0) is 36.4 Å². The van der Waals surface area contributed by atoms with Crippen LogP contribution in [-0.2, 0) is 4.79 Å². The number of hydrogen-bond donors (Lipinski definition) is 2. The molecule has 0 spiro atoms.